The van der Waals surface area contributed by atoms with E-state index in [1.54, 1.807) is 11.3 Å². The van der Waals surface area contributed by atoms with Crippen LogP contribution >= 0.6 is 34.7 Å². The number of thiazole rings is 1. The van der Waals surface area contributed by atoms with Gasteiger partial charge < -0.3 is 0 Å². The maximum atomic E-state index is 11.3. The van der Waals surface area contributed by atoms with Gasteiger partial charge in [-0.1, -0.05) is 12.8 Å². The maximum absolute atomic E-state index is 11.3. The monoisotopic (exact) mass is 275 g/mol. The Morgan fingerprint density at radius 2 is 2.31 bits per heavy atom. The van der Waals surface area contributed by atoms with Crippen molar-refractivity contribution in [2.45, 2.75) is 36.7 Å². The number of rotatable bonds is 5. The van der Waals surface area contributed by atoms with Crippen LogP contribution in [0.1, 0.15) is 41.2 Å². The van der Waals surface area contributed by atoms with Crippen LogP contribution in [0, 0.1) is 0 Å². The molecule has 1 saturated carbocycles. The minimum absolute atomic E-state index is 0.0267. The van der Waals surface area contributed by atoms with Gasteiger partial charge in [-0.05, 0) is 12.8 Å². The fourth-order valence-corrected chi connectivity index (χ4v) is 4.12. The predicted molar refractivity (Wildman–Crippen MR) is 70.7 cm³/mol. The third-order valence-electron chi connectivity index (χ3n) is 2.70. The van der Waals surface area contributed by atoms with Crippen molar-refractivity contribution in [3.63, 3.8) is 0 Å². The van der Waals surface area contributed by atoms with Crippen molar-refractivity contribution in [3.05, 3.63) is 16.1 Å². The fraction of sp³-hybridized carbons (Fsp3) is 0.636. The Morgan fingerprint density at radius 1 is 1.56 bits per heavy atom. The number of carbonyl (C=O) groups excluding carboxylic acids is 1. The number of hydrogen-bond donors (Lipinski definition) is 0. The first-order chi connectivity index (χ1) is 7.79. The number of halogens is 1. The molecule has 0 atom stereocenters. The molecular weight excluding hydrogens is 262 g/mol. The predicted octanol–water partition coefficient (Wildman–Crippen LogP) is 3.74. The third-order valence-corrected chi connectivity index (χ3v) is 5.36. The summed E-state index contributed by atoms with van der Waals surface area (Å²) in [5.74, 6) is 0.888. The highest BCUT2D eigenvalue weighted by Gasteiger charge is 2.16. The van der Waals surface area contributed by atoms with Crippen molar-refractivity contribution in [2.24, 2.45) is 0 Å². The van der Waals surface area contributed by atoms with Crippen LogP contribution in [0.4, 0.5) is 0 Å². The van der Waals surface area contributed by atoms with Crippen LogP contribution in [0.3, 0.4) is 0 Å². The molecule has 0 bridgehead atoms. The standard InChI is InChI=1S/C11H14ClNOS2/c12-5-10(14)9-6-16-11(13-9)7-15-8-3-1-2-4-8/h6,8H,1-5,7H2. The normalized spacial score (nSPS) is 16.8. The van der Waals surface area contributed by atoms with E-state index in [9.17, 15) is 4.79 Å². The van der Waals surface area contributed by atoms with Crippen LogP contribution in [0.5, 0.6) is 0 Å². The molecule has 0 radical (unpaired) electrons. The van der Waals surface area contributed by atoms with Crippen LogP contribution < -0.4 is 0 Å². The Labute approximate surface area is 109 Å². The lowest BCUT2D eigenvalue weighted by molar-refractivity contribution is 0.101. The zero-order valence-corrected chi connectivity index (χ0v) is 11.3. The fourth-order valence-electron chi connectivity index (χ4n) is 1.82. The summed E-state index contributed by atoms with van der Waals surface area (Å²) in [5, 5.41) is 3.66. The van der Waals surface area contributed by atoms with Gasteiger partial charge in [-0.15, -0.1) is 22.9 Å². The molecule has 2 rings (SSSR count). The van der Waals surface area contributed by atoms with Gasteiger partial charge in [0.05, 0.1) is 5.88 Å². The molecule has 1 aromatic rings. The number of carbonyl (C=O) groups is 1. The van der Waals surface area contributed by atoms with E-state index in [1.165, 1.54) is 25.7 Å². The molecule has 0 saturated heterocycles. The summed E-state index contributed by atoms with van der Waals surface area (Å²) in [6.07, 6.45) is 5.41. The van der Waals surface area contributed by atoms with Crippen molar-refractivity contribution in [1.29, 1.82) is 0 Å². The summed E-state index contributed by atoms with van der Waals surface area (Å²) in [6.45, 7) is 0. The SMILES string of the molecule is O=C(CCl)c1csc(CSC2CCCC2)n1. The number of Topliss-reactive ketones (excluding diaryl/α,β-unsaturated/α-hetero) is 1. The van der Waals surface area contributed by atoms with Crippen LogP contribution in [0.2, 0.25) is 0 Å². The molecule has 0 amide bonds. The lowest BCUT2D eigenvalue weighted by Crippen LogP contribution is -2.01. The van der Waals surface area contributed by atoms with Crippen molar-refractivity contribution < 1.29 is 4.79 Å². The zero-order chi connectivity index (χ0) is 11.4. The van der Waals surface area contributed by atoms with Crippen LogP contribution in [0.25, 0.3) is 0 Å². The van der Waals surface area contributed by atoms with Gasteiger partial charge in [0.25, 0.3) is 0 Å². The molecule has 0 unspecified atom stereocenters. The average molecular weight is 276 g/mol. The highest BCUT2D eigenvalue weighted by Crippen LogP contribution is 2.32. The lowest BCUT2D eigenvalue weighted by atomic mass is 10.3. The van der Waals surface area contributed by atoms with E-state index in [-0.39, 0.29) is 11.7 Å². The van der Waals surface area contributed by atoms with Crippen molar-refractivity contribution in [1.82, 2.24) is 4.98 Å². The topological polar surface area (TPSA) is 30.0 Å². The summed E-state index contributed by atoms with van der Waals surface area (Å²) in [7, 11) is 0. The number of nitrogens with zero attached hydrogens (tertiary/aromatic N) is 1. The summed E-state index contributed by atoms with van der Waals surface area (Å²) >= 11 is 9.02. The first-order valence-corrected chi connectivity index (χ1v) is 7.91. The van der Waals surface area contributed by atoms with E-state index in [4.69, 9.17) is 11.6 Å². The van der Waals surface area contributed by atoms with Gasteiger partial charge in [0.2, 0.25) is 0 Å². The van der Waals surface area contributed by atoms with Crippen molar-refractivity contribution >= 4 is 40.5 Å². The lowest BCUT2D eigenvalue weighted by Gasteiger charge is -2.05. The molecule has 1 fully saturated rings. The van der Waals surface area contributed by atoms with Gasteiger partial charge in [-0.25, -0.2) is 4.98 Å². The second-order valence-corrected chi connectivity index (χ2v) is 6.40. The Balaban J connectivity index is 1.85. The smallest absolute Gasteiger partial charge is 0.196 e. The molecule has 88 valence electrons. The van der Waals surface area contributed by atoms with Gasteiger partial charge in [-0.2, -0.15) is 11.8 Å². The van der Waals surface area contributed by atoms with Gasteiger partial charge in [0, 0.05) is 16.4 Å². The highest BCUT2D eigenvalue weighted by atomic mass is 35.5. The molecule has 5 heteroatoms. The summed E-state index contributed by atoms with van der Waals surface area (Å²) < 4.78 is 0. The zero-order valence-electron chi connectivity index (χ0n) is 8.95. The van der Waals surface area contributed by atoms with Gasteiger partial charge in [0.15, 0.2) is 5.78 Å². The summed E-state index contributed by atoms with van der Waals surface area (Å²) in [4.78, 5) is 15.6. The molecule has 1 heterocycles. The number of thioether (sulfide) groups is 1. The molecule has 0 aliphatic heterocycles. The summed E-state index contributed by atoms with van der Waals surface area (Å²) in [5.41, 5.74) is 0.530. The van der Waals surface area contributed by atoms with E-state index in [2.05, 4.69) is 4.98 Å². The van der Waals surface area contributed by atoms with Gasteiger partial charge >= 0.3 is 0 Å². The Hall–Kier alpha value is -0.0600. The van der Waals surface area contributed by atoms with Gasteiger partial charge in [0.1, 0.15) is 10.7 Å². The van der Waals surface area contributed by atoms with Crippen LogP contribution in [0.15, 0.2) is 5.38 Å². The van der Waals surface area contributed by atoms with E-state index in [1.807, 2.05) is 17.1 Å². The Bertz CT molecular complexity index is 361. The first-order valence-electron chi connectivity index (χ1n) is 5.45. The number of alkyl halides is 1. The molecule has 0 N–H and O–H groups in total. The second kappa shape index (κ2) is 6.03. The van der Waals surface area contributed by atoms with Crippen molar-refractivity contribution in [3.8, 4) is 0 Å². The molecule has 1 aliphatic rings. The van der Waals surface area contributed by atoms with Crippen molar-refractivity contribution in [2.75, 3.05) is 5.88 Å². The minimum atomic E-state index is -0.0740. The molecule has 2 nitrogen and oxygen atoms in total. The minimum Gasteiger partial charge on any atom is -0.291 e. The number of aromatic nitrogens is 1. The molecule has 16 heavy (non-hydrogen) atoms. The molecular formula is C11H14ClNOS2. The van der Waals surface area contributed by atoms with E-state index in [0.717, 1.165) is 16.0 Å². The largest absolute Gasteiger partial charge is 0.291 e. The van der Waals surface area contributed by atoms with E-state index >= 15 is 0 Å². The van der Waals surface area contributed by atoms with Gasteiger partial charge in [-0.3, -0.25) is 4.79 Å². The van der Waals surface area contributed by atoms with E-state index < -0.39 is 0 Å². The second-order valence-electron chi connectivity index (χ2n) is 3.90. The average Bonchev–Trinajstić information content (AvgIpc) is 2.96. The molecule has 1 aromatic heterocycles. The highest BCUT2D eigenvalue weighted by molar-refractivity contribution is 7.99. The van der Waals surface area contributed by atoms with E-state index in [0.29, 0.717) is 5.69 Å². The quantitative estimate of drug-likeness (QED) is 0.606. The Morgan fingerprint density at radius 3 is 3.00 bits per heavy atom. The Kier molecular flexibility index (Phi) is 4.67. The number of ketones is 1. The molecule has 1 aliphatic carbocycles. The van der Waals surface area contributed by atoms with Crippen LogP contribution in [-0.2, 0) is 5.75 Å². The summed E-state index contributed by atoms with van der Waals surface area (Å²) in [6, 6.07) is 0. The first kappa shape index (κ1) is 12.4. The molecule has 0 aromatic carbocycles. The molecule has 0 spiro atoms. The third kappa shape index (κ3) is 3.22. The number of hydrogen-bond acceptors (Lipinski definition) is 4. The van der Waals surface area contributed by atoms with Crippen LogP contribution in [-0.4, -0.2) is 21.9 Å². The maximum Gasteiger partial charge on any atom is 0.196 e.